The molecule has 0 saturated heterocycles. The summed E-state index contributed by atoms with van der Waals surface area (Å²) in [4.78, 5) is 11.6. The number of hydrogen-bond acceptors (Lipinski definition) is 5. The number of carbonyl (C=O) groups is 1. The summed E-state index contributed by atoms with van der Waals surface area (Å²) in [6, 6.07) is 10.7. The van der Waals surface area contributed by atoms with Crippen LogP contribution in [0, 0.1) is 0 Å². The van der Waals surface area contributed by atoms with Crippen LogP contribution in [-0.2, 0) is 4.74 Å². The molecule has 1 aromatic carbocycles. The number of hydrazone groups is 1. The second-order valence-electron chi connectivity index (χ2n) is 4.73. The van der Waals surface area contributed by atoms with E-state index in [2.05, 4.69) is 15.8 Å². The van der Waals surface area contributed by atoms with E-state index in [4.69, 9.17) is 21.4 Å². The Hall–Kier alpha value is -2.67. The van der Waals surface area contributed by atoms with Crippen molar-refractivity contribution in [3.63, 3.8) is 0 Å². The highest BCUT2D eigenvalue weighted by atomic mass is 32.1. The zero-order valence-electron chi connectivity index (χ0n) is 13.5. The molecule has 1 heterocycles. The Balaban J connectivity index is 2.01. The van der Waals surface area contributed by atoms with E-state index in [-0.39, 0.29) is 5.97 Å². The van der Waals surface area contributed by atoms with Gasteiger partial charge in [-0.2, -0.15) is 5.10 Å². The van der Waals surface area contributed by atoms with Crippen molar-refractivity contribution < 1.29 is 13.9 Å². The molecule has 0 atom stereocenters. The summed E-state index contributed by atoms with van der Waals surface area (Å²) < 4.78 is 10.6. The van der Waals surface area contributed by atoms with Crippen molar-refractivity contribution in [1.29, 1.82) is 0 Å². The molecule has 6 nitrogen and oxygen atoms in total. The second-order valence-corrected chi connectivity index (χ2v) is 5.14. The average Bonchev–Trinajstić information content (AvgIpc) is 3.04. The fourth-order valence-electron chi connectivity index (χ4n) is 1.92. The van der Waals surface area contributed by atoms with E-state index in [1.165, 1.54) is 0 Å². The summed E-state index contributed by atoms with van der Waals surface area (Å²) in [6.07, 6.45) is 1.54. The Morgan fingerprint density at radius 3 is 2.67 bits per heavy atom. The molecule has 0 aliphatic heterocycles. The quantitative estimate of drug-likeness (QED) is 0.363. The summed E-state index contributed by atoms with van der Waals surface area (Å²) in [6.45, 7) is 4.81. The van der Waals surface area contributed by atoms with Gasteiger partial charge in [-0.25, -0.2) is 4.79 Å². The SMILES string of the molecule is CCNC(=S)NN=Cc1ccc(-c2ccc(C(=O)OCC)cc2)o1. The summed E-state index contributed by atoms with van der Waals surface area (Å²) in [5.74, 6) is 0.937. The van der Waals surface area contributed by atoms with Crippen LogP contribution in [0.2, 0.25) is 0 Å². The van der Waals surface area contributed by atoms with Gasteiger partial charge >= 0.3 is 5.97 Å². The van der Waals surface area contributed by atoms with Gasteiger partial charge in [-0.05, 0) is 50.3 Å². The molecule has 0 aliphatic carbocycles. The van der Waals surface area contributed by atoms with Crippen molar-refractivity contribution in [2.24, 2.45) is 5.10 Å². The van der Waals surface area contributed by atoms with Crippen LogP contribution in [0.25, 0.3) is 11.3 Å². The molecule has 0 aliphatic rings. The molecule has 7 heteroatoms. The van der Waals surface area contributed by atoms with Gasteiger partial charge in [0.2, 0.25) is 0 Å². The summed E-state index contributed by atoms with van der Waals surface area (Å²) >= 11 is 5.00. The molecule has 2 aromatic rings. The third kappa shape index (κ3) is 4.92. The fourth-order valence-corrected chi connectivity index (χ4v) is 2.11. The van der Waals surface area contributed by atoms with Crippen LogP contribution in [0.15, 0.2) is 45.9 Å². The topological polar surface area (TPSA) is 75.9 Å². The molecule has 0 unspecified atom stereocenters. The van der Waals surface area contributed by atoms with Crippen LogP contribution < -0.4 is 10.7 Å². The Kier molecular flexibility index (Phi) is 6.51. The summed E-state index contributed by atoms with van der Waals surface area (Å²) in [5, 5.41) is 7.37. The fraction of sp³-hybridized carbons (Fsp3) is 0.235. The Bertz CT molecular complexity index is 723. The molecular formula is C17H19N3O3S. The van der Waals surface area contributed by atoms with E-state index < -0.39 is 0 Å². The largest absolute Gasteiger partial charge is 0.462 e. The van der Waals surface area contributed by atoms with Gasteiger partial charge < -0.3 is 14.5 Å². The van der Waals surface area contributed by atoms with Crippen molar-refractivity contribution in [1.82, 2.24) is 10.7 Å². The third-order valence-electron chi connectivity index (χ3n) is 3.00. The van der Waals surface area contributed by atoms with Crippen LogP contribution in [0.4, 0.5) is 0 Å². The van der Waals surface area contributed by atoms with E-state index >= 15 is 0 Å². The summed E-state index contributed by atoms with van der Waals surface area (Å²) in [7, 11) is 0. The number of carbonyl (C=O) groups excluding carboxylic acids is 1. The molecule has 0 amide bonds. The average molecular weight is 345 g/mol. The lowest BCUT2D eigenvalue weighted by atomic mass is 10.1. The standard InChI is InChI=1S/C17H19N3O3S/c1-3-18-17(24)20-19-11-14-9-10-15(23-14)12-5-7-13(8-6-12)16(21)22-4-2/h5-11H,3-4H2,1-2H3,(H2,18,20,24). The third-order valence-corrected chi connectivity index (χ3v) is 3.24. The molecule has 1 aromatic heterocycles. The molecule has 0 fully saturated rings. The van der Waals surface area contributed by atoms with Crippen molar-refractivity contribution in [3.8, 4) is 11.3 Å². The molecule has 0 saturated carbocycles. The molecule has 0 spiro atoms. The minimum absolute atomic E-state index is 0.334. The predicted molar refractivity (Wildman–Crippen MR) is 97.1 cm³/mol. The maximum Gasteiger partial charge on any atom is 0.338 e. The molecule has 126 valence electrons. The van der Waals surface area contributed by atoms with Crippen LogP contribution >= 0.6 is 12.2 Å². The Morgan fingerprint density at radius 1 is 1.25 bits per heavy atom. The number of nitrogens with zero attached hydrogens (tertiary/aromatic N) is 1. The van der Waals surface area contributed by atoms with E-state index in [9.17, 15) is 4.79 Å². The number of thiocarbonyl (C=S) groups is 1. The summed E-state index contributed by atoms with van der Waals surface area (Å²) in [5.41, 5.74) is 4.06. The van der Waals surface area contributed by atoms with Crippen molar-refractivity contribution in [2.45, 2.75) is 13.8 Å². The van der Waals surface area contributed by atoms with Crippen LogP contribution in [-0.4, -0.2) is 30.4 Å². The Labute approximate surface area is 145 Å². The van der Waals surface area contributed by atoms with Crippen molar-refractivity contribution in [2.75, 3.05) is 13.2 Å². The van der Waals surface area contributed by atoms with Gasteiger partial charge in [-0.1, -0.05) is 12.1 Å². The van der Waals surface area contributed by atoms with Gasteiger partial charge in [-0.3, -0.25) is 5.43 Å². The first-order valence-corrected chi connectivity index (χ1v) is 7.99. The number of nitrogens with one attached hydrogen (secondary N) is 2. The lowest BCUT2D eigenvalue weighted by molar-refractivity contribution is 0.0526. The molecular weight excluding hydrogens is 326 g/mol. The number of ether oxygens (including phenoxy) is 1. The van der Waals surface area contributed by atoms with Gasteiger partial charge in [0.15, 0.2) is 5.11 Å². The number of benzene rings is 1. The number of esters is 1. The normalized spacial score (nSPS) is 10.6. The zero-order valence-corrected chi connectivity index (χ0v) is 14.4. The van der Waals surface area contributed by atoms with E-state index in [0.29, 0.717) is 28.8 Å². The molecule has 0 bridgehead atoms. The minimum atomic E-state index is -0.334. The smallest absolute Gasteiger partial charge is 0.338 e. The van der Waals surface area contributed by atoms with Crippen molar-refractivity contribution >= 4 is 29.5 Å². The predicted octanol–water partition coefficient (Wildman–Crippen LogP) is 2.94. The highest BCUT2D eigenvalue weighted by molar-refractivity contribution is 7.80. The number of furan rings is 1. The van der Waals surface area contributed by atoms with E-state index in [1.807, 2.05) is 25.1 Å². The van der Waals surface area contributed by atoms with Gasteiger partial charge in [-0.15, -0.1) is 0 Å². The van der Waals surface area contributed by atoms with Gasteiger partial charge in [0.05, 0.1) is 18.4 Å². The monoisotopic (exact) mass is 345 g/mol. The molecule has 0 radical (unpaired) electrons. The highest BCUT2D eigenvalue weighted by Crippen LogP contribution is 2.22. The van der Waals surface area contributed by atoms with E-state index in [1.54, 1.807) is 31.3 Å². The molecule has 24 heavy (non-hydrogen) atoms. The lowest BCUT2D eigenvalue weighted by Gasteiger charge is -2.02. The first-order valence-electron chi connectivity index (χ1n) is 7.58. The zero-order chi connectivity index (χ0) is 17.4. The second kappa shape index (κ2) is 8.83. The van der Waals surface area contributed by atoms with Crippen LogP contribution in [0.3, 0.4) is 0 Å². The van der Waals surface area contributed by atoms with Crippen molar-refractivity contribution in [3.05, 3.63) is 47.7 Å². The van der Waals surface area contributed by atoms with Gasteiger partial charge in [0, 0.05) is 12.1 Å². The van der Waals surface area contributed by atoms with E-state index in [0.717, 1.165) is 12.1 Å². The highest BCUT2D eigenvalue weighted by Gasteiger charge is 2.08. The minimum Gasteiger partial charge on any atom is -0.462 e. The molecule has 2 N–H and O–H groups in total. The van der Waals surface area contributed by atoms with Gasteiger partial charge in [0.1, 0.15) is 11.5 Å². The maximum absolute atomic E-state index is 11.6. The first kappa shape index (κ1) is 17.7. The Morgan fingerprint density at radius 2 is 2.00 bits per heavy atom. The maximum atomic E-state index is 11.6. The lowest BCUT2D eigenvalue weighted by Crippen LogP contribution is -2.31. The van der Waals surface area contributed by atoms with Gasteiger partial charge in [0.25, 0.3) is 0 Å². The van der Waals surface area contributed by atoms with Crippen LogP contribution in [0.1, 0.15) is 30.0 Å². The number of hydrogen-bond donors (Lipinski definition) is 2. The first-order chi connectivity index (χ1) is 11.6. The number of rotatable bonds is 6. The van der Waals surface area contributed by atoms with Crippen LogP contribution in [0.5, 0.6) is 0 Å². The molecule has 2 rings (SSSR count).